The van der Waals surface area contributed by atoms with Crippen molar-refractivity contribution in [3.05, 3.63) is 63.2 Å². The highest BCUT2D eigenvalue weighted by Crippen LogP contribution is 2.27. The first-order valence-corrected chi connectivity index (χ1v) is 8.10. The molecule has 0 aliphatic rings. The molecule has 0 aliphatic carbocycles. The van der Waals surface area contributed by atoms with E-state index in [1.54, 1.807) is 0 Å². The molecule has 2 aromatic carbocycles. The fourth-order valence-electron chi connectivity index (χ4n) is 2.38. The summed E-state index contributed by atoms with van der Waals surface area (Å²) in [6.45, 7) is -0.620. The molecule has 0 saturated carbocycles. The molecule has 0 fully saturated rings. The number of hydrogen-bond donors (Lipinski definition) is 0. The number of rotatable bonds is 8. The minimum absolute atomic E-state index is 0.195. The van der Waals surface area contributed by atoms with E-state index in [0.717, 1.165) is 25.3 Å². The monoisotopic (exact) mass is 403 g/mol. The standard InChI is InChI=1S/C19H17NO9/c1-26-16-5-4-11(9-17(16)27-2)15(21)10-29-19(23)13-6-12(18(22)28-3)7-14(8-13)20(24)25/h4-9H,10H2,1-3H3. The Balaban J connectivity index is 2.18. The van der Waals surface area contributed by atoms with Gasteiger partial charge in [0.15, 0.2) is 23.9 Å². The first kappa shape index (κ1) is 21.4. The van der Waals surface area contributed by atoms with Crippen LogP contribution in [0.2, 0.25) is 0 Å². The second-order valence-electron chi connectivity index (χ2n) is 5.59. The average Bonchev–Trinajstić information content (AvgIpc) is 2.75. The van der Waals surface area contributed by atoms with E-state index in [0.29, 0.717) is 11.5 Å². The van der Waals surface area contributed by atoms with E-state index < -0.39 is 34.9 Å². The van der Waals surface area contributed by atoms with Gasteiger partial charge in [0.1, 0.15) is 0 Å². The van der Waals surface area contributed by atoms with Gasteiger partial charge < -0.3 is 18.9 Å². The quantitative estimate of drug-likeness (QED) is 0.282. The van der Waals surface area contributed by atoms with Gasteiger partial charge in [0.05, 0.1) is 37.4 Å². The van der Waals surface area contributed by atoms with Gasteiger partial charge in [-0.1, -0.05) is 0 Å². The van der Waals surface area contributed by atoms with Crippen LogP contribution in [0, 0.1) is 10.1 Å². The van der Waals surface area contributed by atoms with Gasteiger partial charge in [-0.2, -0.15) is 0 Å². The predicted molar refractivity (Wildman–Crippen MR) is 98.6 cm³/mol. The lowest BCUT2D eigenvalue weighted by molar-refractivity contribution is -0.384. The maximum atomic E-state index is 12.3. The molecule has 10 heteroatoms. The molecule has 0 amide bonds. The van der Waals surface area contributed by atoms with Crippen LogP contribution in [0.5, 0.6) is 11.5 Å². The first-order valence-electron chi connectivity index (χ1n) is 8.10. The summed E-state index contributed by atoms with van der Waals surface area (Å²) in [5.41, 5.74) is -0.740. The highest BCUT2D eigenvalue weighted by atomic mass is 16.6. The number of carbonyl (C=O) groups is 3. The van der Waals surface area contributed by atoms with E-state index in [4.69, 9.17) is 14.2 Å². The predicted octanol–water partition coefficient (Wildman–Crippen LogP) is 2.44. The van der Waals surface area contributed by atoms with Gasteiger partial charge in [-0.3, -0.25) is 14.9 Å². The van der Waals surface area contributed by atoms with Crippen LogP contribution in [0.3, 0.4) is 0 Å². The van der Waals surface area contributed by atoms with Gasteiger partial charge in [0.25, 0.3) is 5.69 Å². The Kier molecular flexibility index (Phi) is 6.85. The zero-order valence-corrected chi connectivity index (χ0v) is 15.8. The van der Waals surface area contributed by atoms with Crippen molar-refractivity contribution in [2.24, 2.45) is 0 Å². The van der Waals surface area contributed by atoms with Crippen molar-refractivity contribution in [3.8, 4) is 11.5 Å². The first-order chi connectivity index (χ1) is 13.8. The number of esters is 2. The number of nitro benzene ring substituents is 1. The van der Waals surface area contributed by atoms with Crippen molar-refractivity contribution in [2.45, 2.75) is 0 Å². The van der Waals surface area contributed by atoms with Crippen molar-refractivity contribution in [3.63, 3.8) is 0 Å². The highest BCUT2D eigenvalue weighted by molar-refractivity contribution is 6.01. The van der Waals surface area contributed by atoms with E-state index in [1.807, 2.05) is 0 Å². The van der Waals surface area contributed by atoms with E-state index in [9.17, 15) is 24.5 Å². The molecule has 0 atom stereocenters. The zero-order valence-electron chi connectivity index (χ0n) is 15.8. The molecule has 29 heavy (non-hydrogen) atoms. The molecule has 0 N–H and O–H groups in total. The molecule has 0 radical (unpaired) electrons. The van der Waals surface area contributed by atoms with Crippen molar-refractivity contribution >= 4 is 23.4 Å². The van der Waals surface area contributed by atoms with Crippen LogP contribution in [-0.4, -0.2) is 50.6 Å². The van der Waals surface area contributed by atoms with Crippen LogP contribution >= 0.6 is 0 Å². The Hall–Kier alpha value is -3.95. The number of nitrogens with zero attached hydrogens (tertiary/aromatic N) is 1. The minimum Gasteiger partial charge on any atom is -0.493 e. The summed E-state index contributed by atoms with van der Waals surface area (Å²) >= 11 is 0. The highest BCUT2D eigenvalue weighted by Gasteiger charge is 2.20. The third-order valence-electron chi connectivity index (χ3n) is 3.83. The Morgan fingerprint density at radius 2 is 1.48 bits per heavy atom. The van der Waals surface area contributed by atoms with Crippen LogP contribution in [0.25, 0.3) is 0 Å². The summed E-state index contributed by atoms with van der Waals surface area (Å²) in [6, 6.07) is 7.42. The minimum atomic E-state index is -1.01. The lowest BCUT2D eigenvalue weighted by Crippen LogP contribution is -2.15. The fraction of sp³-hybridized carbons (Fsp3) is 0.211. The largest absolute Gasteiger partial charge is 0.493 e. The maximum Gasteiger partial charge on any atom is 0.338 e. The van der Waals surface area contributed by atoms with Crippen molar-refractivity contribution < 1.29 is 38.3 Å². The number of nitro groups is 1. The number of benzene rings is 2. The number of methoxy groups -OCH3 is 3. The number of ether oxygens (including phenoxy) is 4. The summed E-state index contributed by atoms with van der Waals surface area (Å²) in [5, 5.41) is 11.0. The number of non-ortho nitro benzene ring substituents is 1. The molecule has 0 aliphatic heterocycles. The molecule has 0 bridgehead atoms. The Bertz CT molecular complexity index is 968. The summed E-state index contributed by atoms with van der Waals surface area (Å²) < 4.78 is 19.6. The molecule has 0 aromatic heterocycles. The Labute approximate surface area is 165 Å². The number of Topliss-reactive ketones (excluding diaryl/α,β-unsaturated/α-hetero) is 1. The summed E-state index contributed by atoms with van der Waals surface area (Å²) in [4.78, 5) is 46.5. The lowest BCUT2D eigenvalue weighted by atomic mass is 10.1. The van der Waals surface area contributed by atoms with Crippen molar-refractivity contribution in [1.82, 2.24) is 0 Å². The van der Waals surface area contributed by atoms with Crippen LogP contribution in [-0.2, 0) is 9.47 Å². The lowest BCUT2D eigenvalue weighted by Gasteiger charge is -2.09. The molecule has 152 valence electrons. The smallest absolute Gasteiger partial charge is 0.338 e. The van der Waals surface area contributed by atoms with Crippen LogP contribution < -0.4 is 9.47 Å². The fourth-order valence-corrected chi connectivity index (χ4v) is 2.38. The maximum absolute atomic E-state index is 12.3. The molecule has 0 heterocycles. The van der Waals surface area contributed by atoms with Gasteiger partial charge in [0, 0.05) is 17.7 Å². The summed E-state index contributed by atoms with van der Waals surface area (Å²) in [5.74, 6) is -1.64. The van der Waals surface area contributed by atoms with Crippen molar-refractivity contribution in [2.75, 3.05) is 27.9 Å². The molecule has 0 unspecified atom stereocenters. The summed E-state index contributed by atoms with van der Waals surface area (Å²) in [7, 11) is 3.96. The third kappa shape index (κ3) is 5.06. The van der Waals surface area contributed by atoms with Crippen LogP contribution in [0.4, 0.5) is 5.69 Å². The van der Waals surface area contributed by atoms with E-state index in [-0.39, 0.29) is 16.7 Å². The second-order valence-corrected chi connectivity index (χ2v) is 5.59. The van der Waals surface area contributed by atoms with E-state index in [2.05, 4.69) is 4.74 Å². The molecule has 2 rings (SSSR count). The zero-order chi connectivity index (χ0) is 21.6. The second kappa shape index (κ2) is 9.31. The third-order valence-corrected chi connectivity index (χ3v) is 3.83. The SMILES string of the molecule is COC(=O)c1cc(C(=O)OCC(=O)c2ccc(OC)c(OC)c2)cc([N+](=O)[O-])c1. The van der Waals surface area contributed by atoms with Gasteiger partial charge in [0.2, 0.25) is 0 Å². The molecular weight excluding hydrogens is 386 g/mol. The number of hydrogen-bond acceptors (Lipinski definition) is 9. The topological polar surface area (TPSA) is 131 Å². The van der Waals surface area contributed by atoms with Gasteiger partial charge in [-0.25, -0.2) is 9.59 Å². The van der Waals surface area contributed by atoms with Crippen LogP contribution in [0.1, 0.15) is 31.1 Å². The van der Waals surface area contributed by atoms with Gasteiger partial charge in [-0.05, 0) is 24.3 Å². The van der Waals surface area contributed by atoms with E-state index in [1.165, 1.54) is 32.4 Å². The Morgan fingerprint density at radius 3 is 2.03 bits per heavy atom. The molecule has 0 saturated heterocycles. The van der Waals surface area contributed by atoms with E-state index >= 15 is 0 Å². The van der Waals surface area contributed by atoms with Gasteiger partial charge >= 0.3 is 11.9 Å². The van der Waals surface area contributed by atoms with Gasteiger partial charge in [-0.15, -0.1) is 0 Å². The molecule has 0 spiro atoms. The van der Waals surface area contributed by atoms with Crippen LogP contribution in [0.15, 0.2) is 36.4 Å². The molecule has 10 nitrogen and oxygen atoms in total. The number of ketones is 1. The van der Waals surface area contributed by atoms with Crippen molar-refractivity contribution in [1.29, 1.82) is 0 Å². The molecule has 2 aromatic rings. The molecular formula is C19H17NO9. The average molecular weight is 403 g/mol. The normalized spacial score (nSPS) is 10.0. The summed E-state index contributed by atoms with van der Waals surface area (Å²) in [6.07, 6.45) is 0. The Morgan fingerprint density at radius 1 is 0.862 bits per heavy atom. The number of carbonyl (C=O) groups excluding carboxylic acids is 3.